The zero-order chi connectivity index (χ0) is 21.6. The second kappa shape index (κ2) is 7.72. The average Bonchev–Trinajstić information content (AvgIpc) is 3.31. The molecule has 2 saturated heterocycles. The molecule has 1 unspecified atom stereocenters. The Labute approximate surface area is 182 Å². The van der Waals surface area contributed by atoms with Gasteiger partial charge in [-0.05, 0) is 18.1 Å². The van der Waals surface area contributed by atoms with Crippen LogP contribution < -0.4 is 4.90 Å². The zero-order valence-electron chi connectivity index (χ0n) is 16.8. The monoisotopic (exact) mass is 448 g/mol. The Balaban J connectivity index is 1.25. The fourth-order valence-electron chi connectivity index (χ4n) is 4.86. The number of aromatic nitrogens is 2. The first kappa shape index (κ1) is 20.7. The molecule has 1 atom stereocenters. The number of halogens is 3. The molecule has 164 valence electrons. The lowest BCUT2D eigenvalue weighted by atomic mass is 9.79. The van der Waals surface area contributed by atoms with Crippen molar-refractivity contribution >= 4 is 27.4 Å². The number of thiophene rings is 1. The second-order valence-electron chi connectivity index (χ2n) is 8.69. The van der Waals surface area contributed by atoms with Crippen molar-refractivity contribution in [3.63, 3.8) is 0 Å². The Bertz CT molecular complexity index is 1070. The summed E-state index contributed by atoms with van der Waals surface area (Å²) in [6, 6.07) is 11.3. The molecule has 4 heterocycles. The maximum Gasteiger partial charge on any atom is 0.393 e. The van der Waals surface area contributed by atoms with E-state index in [0.29, 0.717) is 16.8 Å². The van der Waals surface area contributed by atoms with E-state index in [4.69, 9.17) is 0 Å². The number of hydrogen-bond donors (Lipinski definition) is 1. The fourth-order valence-corrected chi connectivity index (χ4v) is 5.88. The number of aliphatic hydroxyl groups is 1. The molecule has 9 heteroatoms. The van der Waals surface area contributed by atoms with E-state index in [0.717, 1.165) is 55.3 Å². The van der Waals surface area contributed by atoms with E-state index >= 15 is 0 Å². The fraction of sp³-hybridized carbons (Fsp3) is 0.455. The molecule has 1 aromatic carbocycles. The standard InChI is InChI=1S/C22H23F3N4OS/c23-22(24,25)9-16-8-17-19(26-14-27-20(17)31-16)29-7-6-21(13-29)11-28(12-21)10-18(30)15-4-2-1-3-5-15/h1-5,8,14,18,30H,6-7,9-13H2. The van der Waals surface area contributed by atoms with Crippen LogP contribution in [-0.2, 0) is 6.42 Å². The van der Waals surface area contributed by atoms with E-state index in [1.54, 1.807) is 6.07 Å². The van der Waals surface area contributed by atoms with Gasteiger partial charge in [0.1, 0.15) is 17.0 Å². The molecule has 0 amide bonds. The van der Waals surface area contributed by atoms with E-state index in [-0.39, 0.29) is 10.3 Å². The summed E-state index contributed by atoms with van der Waals surface area (Å²) in [7, 11) is 0. The van der Waals surface area contributed by atoms with E-state index in [1.807, 2.05) is 30.3 Å². The van der Waals surface area contributed by atoms with Gasteiger partial charge in [0.2, 0.25) is 0 Å². The summed E-state index contributed by atoms with van der Waals surface area (Å²) in [6.07, 6.45) is -3.21. The minimum absolute atomic E-state index is 0.151. The van der Waals surface area contributed by atoms with E-state index < -0.39 is 18.7 Å². The van der Waals surface area contributed by atoms with E-state index in [1.165, 1.54) is 6.33 Å². The van der Waals surface area contributed by atoms with Crippen molar-refractivity contribution in [2.24, 2.45) is 5.41 Å². The Morgan fingerprint density at radius 2 is 1.90 bits per heavy atom. The summed E-state index contributed by atoms with van der Waals surface area (Å²) < 4.78 is 38.4. The molecule has 1 spiro atoms. The molecular weight excluding hydrogens is 425 g/mol. The van der Waals surface area contributed by atoms with Crippen LogP contribution in [0.5, 0.6) is 0 Å². The molecule has 0 radical (unpaired) electrons. The zero-order valence-corrected chi connectivity index (χ0v) is 17.7. The molecule has 5 rings (SSSR count). The lowest BCUT2D eigenvalue weighted by Gasteiger charge is -2.48. The highest BCUT2D eigenvalue weighted by molar-refractivity contribution is 7.18. The predicted octanol–water partition coefficient (Wildman–Crippen LogP) is 4.04. The van der Waals surface area contributed by atoms with Gasteiger partial charge in [-0.3, -0.25) is 4.90 Å². The molecule has 0 aliphatic carbocycles. The van der Waals surface area contributed by atoms with Crippen LogP contribution in [0.3, 0.4) is 0 Å². The third-order valence-corrected chi connectivity index (χ3v) is 7.25. The first-order valence-corrected chi connectivity index (χ1v) is 11.1. The number of benzene rings is 1. The largest absolute Gasteiger partial charge is 0.393 e. The maximum absolute atomic E-state index is 12.8. The lowest BCUT2D eigenvalue weighted by molar-refractivity contribution is -0.126. The Morgan fingerprint density at radius 1 is 1.13 bits per heavy atom. The van der Waals surface area contributed by atoms with Gasteiger partial charge >= 0.3 is 6.18 Å². The van der Waals surface area contributed by atoms with Crippen LogP contribution in [0.25, 0.3) is 10.2 Å². The van der Waals surface area contributed by atoms with E-state index in [2.05, 4.69) is 19.8 Å². The summed E-state index contributed by atoms with van der Waals surface area (Å²) >= 11 is 1.09. The third-order valence-electron chi connectivity index (χ3n) is 6.21. The van der Waals surface area contributed by atoms with Gasteiger partial charge < -0.3 is 10.0 Å². The van der Waals surface area contributed by atoms with Crippen LogP contribution in [-0.4, -0.2) is 58.9 Å². The molecule has 2 aliphatic heterocycles. The Kier molecular flexibility index (Phi) is 5.15. The summed E-state index contributed by atoms with van der Waals surface area (Å²) in [4.78, 5) is 13.9. The van der Waals surface area contributed by atoms with Gasteiger partial charge in [-0.2, -0.15) is 13.2 Å². The van der Waals surface area contributed by atoms with Gasteiger partial charge in [0.25, 0.3) is 0 Å². The smallest absolute Gasteiger partial charge is 0.387 e. The predicted molar refractivity (Wildman–Crippen MR) is 114 cm³/mol. The number of nitrogens with zero attached hydrogens (tertiary/aromatic N) is 4. The van der Waals surface area contributed by atoms with Crippen LogP contribution in [0, 0.1) is 5.41 Å². The molecular formula is C22H23F3N4OS. The third kappa shape index (κ3) is 4.26. The van der Waals surface area contributed by atoms with Crippen molar-refractivity contribution in [3.8, 4) is 0 Å². The maximum atomic E-state index is 12.8. The first-order chi connectivity index (χ1) is 14.8. The van der Waals surface area contributed by atoms with Gasteiger partial charge in [-0.15, -0.1) is 11.3 Å². The molecule has 2 aromatic heterocycles. The lowest BCUT2D eigenvalue weighted by Crippen LogP contribution is -2.58. The highest BCUT2D eigenvalue weighted by atomic mass is 32.1. The van der Waals surface area contributed by atoms with Crippen molar-refractivity contribution < 1.29 is 18.3 Å². The molecule has 0 bridgehead atoms. The van der Waals surface area contributed by atoms with Gasteiger partial charge in [-0.25, -0.2) is 9.97 Å². The first-order valence-electron chi connectivity index (χ1n) is 10.3. The number of hydrogen-bond acceptors (Lipinski definition) is 6. The van der Waals surface area contributed by atoms with Gasteiger partial charge in [0.15, 0.2) is 0 Å². The molecule has 31 heavy (non-hydrogen) atoms. The minimum atomic E-state index is -4.23. The molecule has 5 nitrogen and oxygen atoms in total. The van der Waals surface area contributed by atoms with Crippen molar-refractivity contribution in [1.29, 1.82) is 0 Å². The van der Waals surface area contributed by atoms with E-state index in [9.17, 15) is 18.3 Å². The molecule has 3 aromatic rings. The van der Waals surface area contributed by atoms with Crippen LogP contribution in [0.4, 0.5) is 19.0 Å². The Hall–Kier alpha value is -2.23. The van der Waals surface area contributed by atoms with Gasteiger partial charge in [0.05, 0.1) is 17.9 Å². The highest BCUT2D eigenvalue weighted by Gasteiger charge is 2.48. The summed E-state index contributed by atoms with van der Waals surface area (Å²) in [5, 5.41) is 11.2. The van der Waals surface area contributed by atoms with Crippen LogP contribution >= 0.6 is 11.3 Å². The molecule has 2 fully saturated rings. The van der Waals surface area contributed by atoms with Crippen molar-refractivity contribution in [3.05, 3.63) is 53.2 Å². The number of anilines is 1. The summed E-state index contributed by atoms with van der Waals surface area (Å²) in [5.74, 6) is 0.731. The molecule has 2 aliphatic rings. The van der Waals surface area contributed by atoms with Gasteiger partial charge in [0, 0.05) is 43.0 Å². The van der Waals surface area contributed by atoms with Crippen LogP contribution in [0.1, 0.15) is 23.0 Å². The number of rotatable bonds is 5. The quantitative estimate of drug-likeness (QED) is 0.639. The molecule has 1 N–H and O–H groups in total. The SMILES string of the molecule is OC(CN1CC2(CCN(c3ncnc4sc(CC(F)(F)F)cc34)C2)C1)c1ccccc1. The highest BCUT2D eigenvalue weighted by Crippen LogP contribution is 2.43. The Morgan fingerprint density at radius 3 is 2.65 bits per heavy atom. The van der Waals surface area contributed by atoms with Gasteiger partial charge in [-0.1, -0.05) is 30.3 Å². The number of aliphatic hydroxyl groups excluding tert-OH is 1. The van der Waals surface area contributed by atoms with Crippen LogP contribution in [0.15, 0.2) is 42.7 Å². The van der Waals surface area contributed by atoms with Crippen molar-refractivity contribution in [2.75, 3.05) is 37.6 Å². The summed E-state index contributed by atoms with van der Waals surface area (Å²) in [5.41, 5.74) is 1.07. The van der Waals surface area contributed by atoms with Crippen molar-refractivity contribution in [2.45, 2.75) is 25.1 Å². The van der Waals surface area contributed by atoms with Crippen molar-refractivity contribution in [1.82, 2.24) is 14.9 Å². The second-order valence-corrected chi connectivity index (χ2v) is 9.80. The average molecular weight is 449 g/mol. The number of likely N-dealkylation sites (tertiary alicyclic amines) is 1. The number of fused-ring (bicyclic) bond motifs is 1. The van der Waals surface area contributed by atoms with Crippen LogP contribution in [0.2, 0.25) is 0 Å². The number of alkyl halides is 3. The molecule has 0 saturated carbocycles. The topological polar surface area (TPSA) is 52.5 Å². The normalized spacial score (nSPS) is 19.8. The number of β-amino-alcohol motifs (C(OH)–C–C–N with tert-alkyl or cyclic N) is 1. The summed E-state index contributed by atoms with van der Waals surface area (Å²) in [6.45, 7) is 4.07. The minimum Gasteiger partial charge on any atom is -0.387 e.